The Morgan fingerprint density at radius 3 is 2.80 bits per heavy atom. The molecule has 1 heterocycles. The topological polar surface area (TPSA) is 66.0 Å². The highest BCUT2D eigenvalue weighted by molar-refractivity contribution is 5.59. The summed E-state index contributed by atoms with van der Waals surface area (Å²) < 4.78 is 41.9. The SMILES string of the molecule is NCCCn1cc(-c2cccc(OC(F)(F)F)c2)nn1. The predicted octanol–water partition coefficient (Wildman–Crippen LogP) is 2.19. The molecule has 0 aliphatic rings. The van der Waals surface area contributed by atoms with Crippen LogP contribution in [-0.2, 0) is 6.54 Å². The Labute approximate surface area is 113 Å². The number of nitrogens with zero attached hydrogens (tertiary/aromatic N) is 3. The van der Waals surface area contributed by atoms with Crippen LogP contribution in [0.5, 0.6) is 5.75 Å². The van der Waals surface area contributed by atoms with E-state index in [1.54, 1.807) is 16.9 Å². The van der Waals surface area contributed by atoms with Crippen LogP contribution in [0.15, 0.2) is 30.5 Å². The first-order valence-electron chi connectivity index (χ1n) is 5.94. The second kappa shape index (κ2) is 5.91. The number of benzene rings is 1. The largest absolute Gasteiger partial charge is 0.573 e. The minimum atomic E-state index is -4.71. The number of hydrogen-bond donors (Lipinski definition) is 1. The van der Waals surface area contributed by atoms with Crippen LogP contribution in [0, 0.1) is 0 Å². The molecule has 108 valence electrons. The van der Waals surface area contributed by atoms with Crippen LogP contribution < -0.4 is 10.5 Å². The van der Waals surface area contributed by atoms with Gasteiger partial charge in [0.25, 0.3) is 0 Å². The third-order valence-corrected chi connectivity index (χ3v) is 2.49. The van der Waals surface area contributed by atoms with Gasteiger partial charge in [0, 0.05) is 12.1 Å². The van der Waals surface area contributed by atoms with Crippen LogP contribution in [0.2, 0.25) is 0 Å². The van der Waals surface area contributed by atoms with Crippen molar-refractivity contribution in [3.8, 4) is 17.0 Å². The second-order valence-electron chi connectivity index (χ2n) is 4.08. The van der Waals surface area contributed by atoms with Crippen LogP contribution >= 0.6 is 0 Å². The van der Waals surface area contributed by atoms with Gasteiger partial charge in [0.1, 0.15) is 11.4 Å². The molecule has 8 heteroatoms. The van der Waals surface area contributed by atoms with E-state index < -0.39 is 6.36 Å². The molecule has 0 fully saturated rings. The van der Waals surface area contributed by atoms with Gasteiger partial charge in [-0.15, -0.1) is 18.3 Å². The number of alkyl halides is 3. The molecule has 2 aromatic rings. The van der Waals surface area contributed by atoms with Gasteiger partial charge < -0.3 is 10.5 Å². The van der Waals surface area contributed by atoms with E-state index in [2.05, 4.69) is 15.0 Å². The van der Waals surface area contributed by atoms with Crippen molar-refractivity contribution in [2.45, 2.75) is 19.3 Å². The quantitative estimate of drug-likeness (QED) is 0.915. The Hall–Kier alpha value is -2.09. The Morgan fingerprint density at radius 2 is 2.10 bits per heavy atom. The predicted molar refractivity (Wildman–Crippen MR) is 65.8 cm³/mol. The lowest BCUT2D eigenvalue weighted by Crippen LogP contribution is -2.17. The van der Waals surface area contributed by atoms with Gasteiger partial charge in [-0.05, 0) is 25.1 Å². The molecule has 1 aromatic carbocycles. The number of halogens is 3. The van der Waals surface area contributed by atoms with E-state index in [0.29, 0.717) is 24.3 Å². The first kappa shape index (κ1) is 14.3. The van der Waals surface area contributed by atoms with Gasteiger partial charge >= 0.3 is 6.36 Å². The molecule has 0 bridgehead atoms. The second-order valence-corrected chi connectivity index (χ2v) is 4.08. The van der Waals surface area contributed by atoms with Gasteiger partial charge in [-0.25, -0.2) is 0 Å². The molecule has 0 unspecified atom stereocenters. The van der Waals surface area contributed by atoms with Gasteiger partial charge in [0.15, 0.2) is 0 Å². The highest BCUT2D eigenvalue weighted by atomic mass is 19.4. The minimum Gasteiger partial charge on any atom is -0.406 e. The third-order valence-electron chi connectivity index (χ3n) is 2.49. The zero-order valence-corrected chi connectivity index (χ0v) is 10.5. The first-order chi connectivity index (χ1) is 9.48. The number of hydrogen-bond acceptors (Lipinski definition) is 4. The number of aromatic nitrogens is 3. The van der Waals surface area contributed by atoms with E-state index in [1.807, 2.05) is 0 Å². The van der Waals surface area contributed by atoms with Crippen molar-refractivity contribution < 1.29 is 17.9 Å². The smallest absolute Gasteiger partial charge is 0.406 e. The molecule has 0 aliphatic carbocycles. The molecule has 0 saturated heterocycles. The van der Waals surface area contributed by atoms with E-state index in [0.717, 1.165) is 6.42 Å². The van der Waals surface area contributed by atoms with E-state index in [4.69, 9.17) is 5.73 Å². The fourth-order valence-corrected chi connectivity index (χ4v) is 1.65. The molecular formula is C12H13F3N4O. The zero-order valence-electron chi connectivity index (χ0n) is 10.5. The van der Waals surface area contributed by atoms with Crippen molar-refractivity contribution >= 4 is 0 Å². The lowest BCUT2D eigenvalue weighted by molar-refractivity contribution is -0.274. The van der Waals surface area contributed by atoms with Crippen molar-refractivity contribution in [3.05, 3.63) is 30.5 Å². The van der Waals surface area contributed by atoms with Gasteiger partial charge in [-0.3, -0.25) is 4.68 Å². The number of aryl methyl sites for hydroxylation is 1. The molecule has 0 saturated carbocycles. The Morgan fingerprint density at radius 1 is 1.30 bits per heavy atom. The summed E-state index contributed by atoms with van der Waals surface area (Å²) in [5, 5.41) is 7.79. The molecule has 0 atom stereocenters. The minimum absolute atomic E-state index is 0.286. The van der Waals surface area contributed by atoms with Crippen LogP contribution in [-0.4, -0.2) is 27.9 Å². The molecule has 5 nitrogen and oxygen atoms in total. The van der Waals surface area contributed by atoms with E-state index in [1.165, 1.54) is 18.2 Å². The van der Waals surface area contributed by atoms with Crippen molar-refractivity contribution in [1.82, 2.24) is 15.0 Å². The summed E-state index contributed by atoms with van der Waals surface area (Å²) in [6, 6.07) is 5.61. The molecule has 20 heavy (non-hydrogen) atoms. The molecule has 1 aromatic heterocycles. The highest BCUT2D eigenvalue weighted by Gasteiger charge is 2.31. The van der Waals surface area contributed by atoms with Crippen molar-refractivity contribution in [2.24, 2.45) is 5.73 Å². The monoisotopic (exact) mass is 286 g/mol. The van der Waals surface area contributed by atoms with Crippen molar-refractivity contribution in [2.75, 3.05) is 6.54 Å². The standard InChI is InChI=1S/C12H13F3N4O/c13-12(14,15)20-10-4-1-3-9(7-10)11-8-19(18-17-11)6-2-5-16/h1,3-4,7-8H,2,5-6,16H2. The molecular weight excluding hydrogens is 273 g/mol. The van der Waals surface area contributed by atoms with Crippen LogP contribution in [0.1, 0.15) is 6.42 Å². The average molecular weight is 286 g/mol. The number of nitrogens with two attached hydrogens (primary N) is 1. The Kier molecular flexibility index (Phi) is 4.23. The normalized spacial score (nSPS) is 11.6. The number of rotatable bonds is 5. The van der Waals surface area contributed by atoms with Gasteiger partial charge in [0.2, 0.25) is 0 Å². The highest BCUT2D eigenvalue weighted by Crippen LogP contribution is 2.26. The Balaban J connectivity index is 2.16. The fourth-order valence-electron chi connectivity index (χ4n) is 1.65. The van der Waals surface area contributed by atoms with E-state index in [-0.39, 0.29) is 5.75 Å². The summed E-state index contributed by atoms with van der Waals surface area (Å²) in [5.74, 6) is -0.286. The van der Waals surface area contributed by atoms with Gasteiger partial charge in [-0.1, -0.05) is 17.3 Å². The number of ether oxygens (including phenoxy) is 1. The van der Waals surface area contributed by atoms with Crippen LogP contribution in [0.4, 0.5) is 13.2 Å². The van der Waals surface area contributed by atoms with Crippen molar-refractivity contribution in [1.29, 1.82) is 0 Å². The molecule has 0 amide bonds. The summed E-state index contributed by atoms with van der Waals surface area (Å²) in [5.41, 5.74) is 6.37. The maximum atomic E-state index is 12.2. The lowest BCUT2D eigenvalue weighted by atomic mass is 10.1. The average Bonchev–Trinajstić information content (AvgIpc) is 2.83. The summed E-state index contributed by atoms with van der Waals surface area (Å²) in [6.07, 6.45) is -2.31. The third kappa shape index (κ3) is 3.95. The molecule has 2 N–H and O–H groups in total. The summed E-state index contributed by atoms with van der Waals surface area (Å²) in [6.45, 7) is 1.15. The lowest BCUT2D eigenvalue weighted by Gasteiger charge is -2.09. The fraction of sp³-hybridized carbons (Fsp3) is 0.333. The van der Waals surface area contributed by atoms with E-state index >= 15 is 0 Å². The summed E-state index contributed by atoms with van der Waals surface area (Å²) in [4.78, 5) is 0. The van der Waals surface area contributed by atoms with Crippen LogP contribution in [0.3, 0.4) is 0 Å². The van der Waals surface area contributed by atoms with Crippen LogP contribution in [0.25, 0.3) is 11.3 Å². The maximum Gasteiger partial charge on any atom is 0.573 e. The van der Waals surface area contributed by atoms with Crippen molar-refractivity contribution in [3.63, 3.8) is 0 Å². The first-order valence-corrected chi connectivity index (χ1v) is 5.94. The maximum absolute atomic E-state index is 12.2. The molecule has 0 spiro atoms. The van der Waals surface area contributed by atoms with Gasteiger partial charge in [-0.2, -0.15) is 0 Å². The van der Waals surface area contributed by atoms with E-state index in [9.17, 15) is 13.2 Å². The Bertz CT molecular complexity index is 568. The van der Waals surface area contributed by atoms with Gasteiger partial charge in [0.05, 0.1) is 6.20 Å². The summed E-state index contributed by atoms with van der Waals surface area (Å²) in [7, 11) is 0. The molecule has 0 radical (unpaired) electrons. The molecule has 0 aliphatic heterocycles. The zero-order chi connectivity index (χ0) is 14.6. The summed E-state index contributed by atoms with van der Waals surface area (Å²) >= 11 is 0. The molecule has 2 rings (SSSR count).